The Kier molecular flexibility index (Phi) is 4.74. The topological polar surface area (TPSA) is 42.0 Å². The number of carbonyl (C=O) groups excluding carboxylic acids is 1. The van der Waals surface area contributed by atoms with E-state index >= 15 is 0 Å². The summed E-state index contributed by atoms with van der Waals surface area (Å²) in [6.07, 6.45) is 1.62. The van der Waals surface area contributed by atoms with Gasteiger partial charge in [-0.15, -0.1) is 11.6 Å². The van der Waals surface area contributed by atoms with E-state index in [0.29, 0.717) is 17.5 Å². The Morgan fingerprint density at radius 3 is 2.75 bits per heavy atom. The van der Waals surface area contributed by atoms with E-state index in [9.17, 15) is 4.79 Å². The van der Waals surface area contributed by atoms with Gasteiger partial charge in [-0.05, 0) is 24.5 Å². The summed E-state index contributed by atoms with van der Waals surface area (Å²) in [6.45, 7) is 5.92. The summed E-state index contributed by atoms with van der Waals surface area (Å²) in [5, 5.41) is 2.89. The fraction of sp³-hybridized carbons (Fsp3) is 0.500. The monoisotopic (exact) mass is 240 g/mol. The van der Waals surface area contributed by atoms with Crippen molar-refractivity contribution in [3.63, 3.8) is 0 Å². The number of alkyl halides is 1. The van der Waals surface area contributed by atoms with Gasteiger partial charge in [0, 0.05) is 18.1 Å². The average Bonchev–Trinajstić information content (AvgIpc) is 2.25. The number of nitrogens with zero attached hydrogens (tertiary/aromatic N) is 1. The molecule has 1 atom stereocenters. The first-order chi connectivity index (χ1) is 7.56. The lowest BCUT2D eigenvalue weighted by Crippen LogP contribution is -2.40. The zero-order chi connectivity index (χ0) is 12.1. The third kappa shape index (κ3) is 3.20. The lowest BCUT2D eigenvalue weighted by Gasteiger charge is -2.19. The van der Waals surface area contributed by atoms with E-state index in [0.717, 1.165) is 5.56 Å². The maximum atomic E-state index is 11.9. The predicted molar refractivity (Wildman–Crippen MR) is 65.8 cm³/mol. The molecule has 0 aromatic carbocycles. The number of nitrogens with one attached hydrogen (secondary N) is 1. The Bertz CT molecular complexity index is 366. The Labute approximate surface area is 101 Å². The van der Waals surface area contributed by atoms with Crippen LogP contribution in [0.25, 0.3) is 0 Å². The van der Waals surface area contributed by atoms with Gasteiger partial charge in [0.2, 0.25) is 0 Å². The van der Waals surface area contributed by atoms with Crippen molar-refractivity contribution < 1.29 is 4.79 Å². The van der Waals surface area contributed by atoms with Gasteiger partial charge in [0.15, 0.2) is 0 Å². The average molecular weight is 241 g/mol. The molecule has 0 aliphatic heterocycles. The van der Waals surface area contributed by atoms with Crippen LogP contribution in [-0.2, 0) is 0 Å². The van der Waals surface area contributed by atoms with Gasteiger partial charge in [0.05, 0.1) is 0 Å². The molecule has 0 fully saturated rings. The number of hydrogen-bond acceptors (Lipinski definition) is 2. The lowest BCUT2D eigenvalue weighted by molar-refractivity contribution is 0.0925. The summed E-state index contributed by atoms with van der Waals surface area (Å²) in [5.41, 5.74) is 1.34. The van der Waals surface area contributed by atoms with Crippen LogP contribution >= 0.6 is 11.6 Å². The third-order valence-electron chi connectivity index (χ3n) is 2.51. The largest absolute Gasteiger partial charge is 0.347 e. The molecular weight excluding hydrogens is 224 g/mol. The molecule has 1 amide bonds. The number of aryl methyl sites for hydroxylation is 1. The van der Waals surface area contributed by atoms with Crippen LogP contribution in [0.2, 0.25) is 0 Å². The van der Waals surface area contributed by atoms with Crippen LogP contribution in [0.5, 0.6) is 0 Å². The fourth-order valence-electron chi connectivity index (χ4n) is 1.34. The molecule has 1 N–H and O–H groups in total. The molecule has 0 radical (unpaired) electrons. The smallest absolute Gasteiger partial charge is 0.270 e. The number of amides is 1. The molecule has 0 aliphatic rings. The van der Waals surface area contributed by atoms with Crippen LogP contribution in [-0.4, -0.2) is 22.8 Å². The number of aromatic nitrogens is 1. The third-order valence-corrected chi connectivity index (χ3v) is 2.84. The van der Waals surface area contributed by atoms with Gasteiger partial charge >= 0.3 is 0 Å². The van der Waals surface area contributed by atoms with Crippen molar-refractivity contribution in [3.05, 3.63) is 29.6 Å². The van der Waals surface area contributed by atoms with Crippen molar-refractivity contribution in [3.8, 4) is 0 Å². The van der Waals surface area contributed by atoms with E-state index < -0.39 is 0 Å². The molecular formula is C12H17ClN2O. The van der Waals surface area contributed by atoms with Crippen LogP contribution in [0.1, 0.15) is 29.9 Å². The van der Waals surface area contributed by atoms with Gasteiger partial charge in [-0.3, -0.25) is 9.78 Å². The molecule has 88 valence electrons. The van der Waals surface area contributed by atoms with Gasteiger partial charge in [0.25, 0.3) is 5.91 Å². The summed E-state index contributed by atoms with van der Waals surface area (Å²) in [5.74, 6) is 0.567. The highest BCUT2D eigenvalue weighted by Gasteiger charge is 2.17. The fourth-order valence-corrected chi connectivity index (χ4v) is 1.78. The van der Waals surface area contributed by atoms with Crippen molar-refractivity contribution in [2.24, 2.45) is 5.92 Å². The molecule has 0 aliphatic carbocycles. The molecule has 4 heteroatoms. The Hall–Kier alpha value is -1.09. The maximum Gasteiger partial charge on any atom is 0.270 e. The van der Waals surface area contributed by atoms with Gasteiger partial charge in [-0.2, -0.15) is 0 Å². The minimum atomic E-state index is -0.155. The van der Waals surface area contributed by atoms with Crippen LogP contribution in [0.4, 0.5) is 0 Å². The Morgan fingerprint density at radius 1 is 1.56 bits per heavy atom. The summed E-state index contributed by atoms with van der Waals surface area (Å²) in [4.78, 5) is 16.0. The first-order valence-electron chi connectivity index (χ1n) is 5.34. The highest BCUT2D eigenvalue weighted by atomic mass is 35.5. The van der Waals surface area contributed by atoms with E-state index in [1.807, 2.05) is 32.9 Å². The molecule has 3 nitrogen and oxygen atoms in total. The van der Waals surface area contributed by atoms with Crippen LogP contribution in [0.3, 0.4) is 0 Å². The number of carbonyl (C=O) groups is 1. The van der Waals surface area contributed by atoms with Crippen LogP contribution in [0, 0.1) is 12.8 Å². The molecule has 0 bridgehead atoms. The van der Waals surface area contributed by atoms with E-state index in [-0.39, 0.29) is 11.9 Å². The second-order valence-electron chi connectivity index (χ2n) is 4.15. The predicted octanol–water partition coefficient (Wildman–Crippen LogP) is 2.38. The van der Waals surface area contributed by atoms with Gasteiger partial charge in [0.1, 0.15) is 5.69 Å². The molecule has 1 aromatic heterocycles. The number of halogens is 1. The quantitative estimate of drug-likeness (QED) is 0.822. The highest BCUT2D eigenvalue weighted by Crippen LogP contribution is 2.07. The number of pyridine rings is 1. The van der Waals surface area contributed by atoms with E-state index in [1.54, 1.807) is 6.20 Å². The molecule has 0 saturated carbocycles. The number of hydrogen-bond donors (Lipinski definition) is 1. The van der Waals surface area contributed by atoms with Crippen molar-refractivity contribution in [1.29, 1.82) is 0 Å². The van der Waals surface area contributed by atoms with Crippen molar-refractivity contribution in [2.45, 2.75) is 26.8 Å². The summed E-state index contributed by atoms with van der Waals surface area (Å²) in [7, 11) is 0. The molecule has 1 heterocycles. The Balaban J connectivity index is 2.76. The zero-order valence-electron chi connectivity index (χ0n) is 9.83. The summed E-state index contributed by atoms with van der Waals surface area (Å²) in [6, 6.07) is 3.66. The minimum absolute atomic E-state index is 0.0180. The molecule has 0 saturated heterocycles. The van der Waals surface area contributed by atoms with Crippen LogP contribution < -0.4 is 5.32 Å². The van der Waals surface area contributed by atoms with Gasteiger partial charge in [-0.25, -0.2) is 0 Å². The summed E-state index contributed by atoms with van der Waals surface area (Å²) < 4.78 is 0. The Morgan fingerprint density at radius 2 is 2.25 bits per heavy atom. The van der Waals surface area contributed by atoms with Gasteiger partial charge in [-0.1, -0.05) is 19.9 Å². The van der Waals surface area contributed by atoms with E-state index in [4.69, 9.17) is 11.6 Å². The second kappa shape index (κ2) is 5.85. The zero-order valence-corrected chi connectivity index (χ0v) is 10.6. The molecule has 1 aromatic rings. The van der Waals surface area contributed by atoms with Crippen molar-refractivity contribution in [1.82, 2.24) is 10.3 Å². The molecule has 1 rings (SSSR count). The van der Waals surface area contributed by atoms with E-state index in [2.05, 4.69) is 10.3 Å². The van der Waals surface area contributed by atoms with E-state index in [1.165, 1.54) is 0 Å². The SMILES string of the molecule is Cc1cccnc1C(=O)NC(CCl)C(C)C. The molecule has 16 heavy (non-hydrogen) atoms. The molecule has 1 unspecified atom stereocenters. The second-order valence-corrected chi connectivity index (χ2v) is 4.46. The number of rotatable bonds is 4. The minimum Gasteiger partial charge on any atom is -0.347 e. The van der Waals surface area contributed by atoms with Crippen molar-refractivity contribution >= 4 is 17.5 Å². The van der Waals surface area contributed by atoms with Crippen LogP contribution in [0.15, 0.2) is 18.3 Å². The first kappa shape index (κ1) is 13.0. The molecule has 0 spiro atoms. The first-order valence-corrected chi connectivity index (χ1v) is 5.88. The standard InChI is InChI=1S/C12H17ClN2O/c1-8(2)10(7-13)15-12(16)11-9(3)5-4-6-14-11/h4-6,8,10H,7H2,1-3H3,(H,15,16). The normalized spacial score (nSPS) is 12.6. The highest BCUT2D eigenvalue weighted by molar-refractivity contribution is 6.18. The van der Waals surface area contributed by atoms with Crippen molar-refractivity contribution in [2.75, 3.05) is 5.88 Å². The summed E-state index contributed by atoms with van der Waals surface area (Å²) >= 11 is 5.80. The lowest BCUT2D eigenvalue weighted by atomic mass is 10.1. The van der Waals surface area contributed by atoms with Gasteiger partial charge < -0.3 is 5.32 Å². The maximum absolute atomic E-state index is 11.9.